The highest BCUT2D eigenvalue weighted by Crippen LogP contribution is 2.19. The van der Waals surface area contributed by atoms with Crippen molar-refractivity contribution in [2.45, 2.75) is 19.4 Å². The number of carbonyl (C=O) groups is 1. The van der Waals surface area contributed by atoms with E-state index in [-0.39, 0.29) is 11.6 Å². The van der Waals surface area contributed by atoms with Crippen molar-refractivity contribution < 1.29 is 9.90 Å². The Balaban J connectivity index is 2.06. The predicted octanol–water partition coefficient (Wildman–Crippen LogP) is 3.25. The lowest BCUT2D eigenvalue weighted by atomic mass is 10.00. The molecule has 0 amide bonds. The number of carboxylic acid groups (broad SMARTS) is 1. The van der Waals surface area contributed by atoms with E-state index in [2.05, 4.69) is 24.3 Å². The Bertz CT molecular complexity index is 630. The van der Waals surface area contributed by atoms with Crippen LogP contribution in [-0.2, 0) is 11.2 Å². The van der Waals surface area contributed by atoms with Gasteiger partial charge in [-0.3, -0.25) is 0 Å². The largest absolute Gasteiger partial charge is 0.478 e. The Kier molecular flexibility index (Phi) is 4.90. The van der Waals surface area contributed by atoms with Gasteiger partial charge in [0.05, 0.1) is 0 Å². The molecule has 0 fully saturated rings. The average Bonchev–Trinajstić information content (AvgIpc) is 2.48. The molecule has 0 saturated carbocycles. The predicted molar refractivity (Wildman–Crippen MR) is 85.0 cm³/mol. The van der Waals surface area contributed by atoms with Gasteiger partial charge in [-0.05, 0) is 30.0 Å². The topological polar surface area (TPSA) is 63.3 Å². The Hall–Kier alpha value is -2.39. The van der Waals surface area contributed by atoms with Gasteiger partial charge in [0.1, 0.15) is 0 Å². The third kappa shape index (κ3) is 4.29. The molecule has 0 aliphatic carbocycles. The van der Waals surface area contributed by atoms with Gasteiger partial charge in [-0.25, -0.2) is 4.79 Å². The Labute approximate surface area is 124 Å². The van der Waals surface area contributed by atoms with Crippen molar-refractivity contribution in [3.63, 3.8) is 0 Å². The fourth-order valence-corrected chi connectivity index (χ4v) is 2.19. The normalized spacial score (nSPS) is 13.0. The molecule has 0 aliphatic rings. The monoisotopic (exact) mass is 281 g/mol. The molecule has 0 radical (unpaired) electrons. The van der Waals surface area contributed by atoms with E-state index in [1.54, 1.807) is 13.0 Å². The zero-order valence-corrected chi connectivity index (χ0v) is 12.0. The number of nitrogens with two attached hydrogens (primary N) is 1. The van der Waals surface area contributed by atoms with Crippen LogP contribution in [0.3, 0.4) is 0 Å². The molecular formula is C18H19NO2. The van der Waals surface area contributed by atoms with Crippen LogP contribution < -0.4 is 5.73 Å². The van der Waals surface area contributed by atoms with E-state index < -0.39 is 5.97 Å². The summed E-state index contributed by atoms with van der Waals surface area (Å²) in [5, 5.41) is 8.84. The van der Waals surface area contributed by atoms with E-state index in [9.17, 15) is 4.79 Å². The molecule has 21 heavy (non-hydrogen) atoms. The van der Waals surface area contributed by atoms with Crippen molar-refractivity contribution in [3.8, 4) is 11.1 Å². The lowest BCUT2D eigenvalue weighted by Crippen LogP contribution is -2.21. The first-order valence-corrected chi connectivity index (χ1v) is 6.88. The molecule has 0 bridgehead atoms. The number of benzene rings is 2. The zero-order valence-electron chi connectivity index (χ0n) is 12.0. The fraction of sp³-hybridized carbons (Fsp3) is 0.167. The van der Waals surface area contributed by atoms with E-state index >= 15 is 0 Å². The average molecular weight is 281 g/mol. The van der Waals surface area contributed by atoms with E-state index in [4.69, 9.17) is 10.8 Å². The molecule has 2 rings (SSSR count). The lowest BCUT2D eigenvalue weighted by Gasteiger charge is -2.09. The summed E-state index contributed by atoms with van der Waals surface area (Å²) < 4.78 is 0. The maximum Gasteiger partial charge on any atom is 0.331 e. The zero-order chi connectivity index (χ0) is 15.2. The van der Waals surface area contributed by atoms with Gasteiger partial charge < -0.3 is 10.8 Å². The maximum atomic E-state index is 10.8. The second-order valence-electron chi connectivity index (χ2n) is 5.09. The van der Waals surface area contributed by atoms with Gasteiger partial charge in [0, 0.05) is 11.6 Å². The number of hydrogen-bond acceptors (Lipinski definition) is 2. The molecular weight excluding hydrogens is 262 g/mol. The highest BCUT2D eigenvalue weighted by Gasteiger charge is 2.06. The Morgan fingerprint density at radius 2 is 1.67 bits per heavy atom. The highest BCUT2D eigenvalue weighted by atomic mass is 16.4. The SMILES string of the molecule is C/C(=C\[C@H](N)Cc1ccc(-c2ccccc2)cc1)C(=O)O. The molecule has 3 heteroatoms. The summed E-state index contributed by atoms with van der Waals surface area (Å²) in [4.78, 5) is 10.8. The van der Waals surface area contributed by atoms with Gasteiger partial charge in [-0.1, -0.05) is 60.7 Å². The van der Waals surface area contributed by atoms with Crippen LogP contribution in [0.1, 0.15) is 12.5 Å². The van der Waals surface area contributed by atoms with E-state index in [0.717, 1.165) is 11.1 Å². The summed E-state index contributed by atoms with van der Waals surface area (Å²) in [6.45, 7) is 1.56. The second-order valence-corrected chi connectivity index (χ2v) is 5.09. The van der Waals surface area contributed by atoms with Crippen molar-refractivity contribution in [2.24, 2.45) is 5.73 Å². The van der Waals surface area contributed by atoms with Crippen molar-refractivity contribution >= 4 is 5.97 Å². The van der Waals surface area contributed by atoms with Gasteiger partial charge >= 0.3 is 5.97 Å². The molecule has 108 valence electrons. The third-order valence-corrected chi connectivity index (χ3v) is 3.33. The summed E-state index contributed by atoms with van der Waals surface area (Å²) in [6.07, 6.45) is 2.22. The van der Waals surface area contributed by atoms with Gasteiger partial charge in [-0.2, -0.15) is 0 Å². The molecule has 0 spiro atoms. The summed E-state index contributed by atoms with van der Waals surface area (Å²) in [6, 6.07) is 18.1. The molecule has 0 heterocycles. The summed E-state index contributed by atoms with van der Waals surface area (Å²) in [5.41, 5.74) is 9.66. The molecule has 2 aromatic carbocycles. The van der Waals surface area contributed by atoms with Crippen LogP contribution in [0.4, 0.5) is 0 Å². The fourth-order valence-electron chi connectivity index (χ4n) is 2.19. The summed E-state index contributed by atoms with van der Waals surface area (Å²) >= 11 is 0. The molecule has 0 aliphatic heterocycles. The lowest BCUT2D eigenvalue weighted by molar-refractivity contribution is -0.132. The first kappa shape index (κ1) is 15.0. The molecule has 1 atom stereocenters. The minimum atomic E-state index is -0.926. The highest BCUT2D eigenvalue weighted by molar-refractivity contribution is 5.85. The third-order valence-electron chi connectivity index (χ3n) is 3.33. The number of carboxylic acids is 1. The summed E-state index contributed by atoms with van der Waals surface area (Å²) in [7, 11) is 0. The van der Waals surface area contributed by atoms with Crippen LogP contribution in [0.15, 0.2) is 66.2 Å². The molecule has 2 aromatic rings. The summed E-state index contributed by atoms with van der Waals surface area (Å²) in [5.74, 6) is -0.926. The van der Waals surface area contributed by atoms with Gasteiger partial charge in [-0.15, -0.1) is 0 Å². The van der Waals surface area contributed by atoms with Crippen molar-refractivity contribution in [2.75, 3.05) is 0 Å². The van der Waals surface area contributed by atoms with Gasteiger partial charge in [0.15, 0.2) is 0 Å². The van der Waals surface area contributed by atoms with Crippen molar-refractivity contribution in [3.05, 3.63) is 71.8 Å². The van der Waals surface area contributed by atoms with E-state index in [1.165, 1.54) is 5.56 Å². The van der Waals surface area contributed by atoms with Crippen molar-refractivity contribution in [1.29, 1.82) is 0 Å². The van der Waals surface area contributed by atoms with E-state index in [0.29, 0.717) is 6.42 Å². The Morgan fingerprint density at radius 3 is 2.24 bits per heavy atom. The van der Waals surface area contributed by atoms with Crippen LogP contribution in [0, 0.1) is 0 Å². The standard InChI is InChI=1S/C18H19NO2/c1-13(18(20)21)11-17(19)12-14-7-9-16(10-8-14)15-5-3-2-4-6-15/h2-11,17H,12,19H2,1H3,(H,20,21)/b13-11+/t17-/m0/s1. The van der Waals surface area contributed by atoms with Crippen LogP contribution >= 0.6 is 0 Å². The first-order valence-electron chi connectivity index (χ1n) is 6.88. The van der Waals surface area contributed by atoms with Crippen molar-refractivity contribution in [1.82, 2.24) is 0 Å². The van der Waals surface area contributed by atoms with Crippen LogP contribution in [0.5, 0.6) is 0 Å². The van der Waals surface area contributed by atoms with Gasteiger partial charge in [0.2, 0.25) is 0 Å². The number of rotatable bonds is 5. The van der Waals surface area contributed by atoms with Gasteiger partial charge in [0.25, 0.3) is 0 Å². The molecule has 0 aromatic heterocycles. The smallest absolute Gasteiger partial charge is 0.331 e. The van der Waals surface area contributed by atoms with Crippen LogP contribution in [-0.4, -0.2) is 17.1 Å². The minimum absolute atomic E-state index is 0.281. The Morgan fingerprint density at radius 1 is 1.10 bits per heavy atom. The maximum absolute atomic E-state index is 10.8. The number of hydrogen-bond donors (Lipinski definition) is 2. The molecule has 0 unspecified atom stereocenters. The molecule has 0 saturated heterocycles. The number of aliphatic carboxylic acids is 1. The quantitative estimate of drug-likeness (QED) is 0.827. The van der Waals surface area contributed by atoms with Crippen LogP contribution in [0.25, 0.3) is 11.1 Å². The minimum Gasteiger partial charge on any atom is -0.478 e. The second kappa shape index (κ2) is 6.86. The molecule has 3 nitrogen and oxygen atoms in total. The van der Waals surface area contributed by atoms with Crippen LogP contribution in [0.2, 0.25) is 0 Å². The first-order chi connectivity index (χ1) is 10.1. The van der Waals surface area contributed by atoms with E-state index in [1.807, 2.05) is 30.3 Å². The molecule has 3 N–H and O–H groups in total.